The molecule has 1 rings (SSSR count). The lowest BCUT2D eigenvalue weighted by molar-refractivity contribution is 0.413. The molecule has 0 amide bonds. The first-order valence-electron chi connectivity index (χ1n) is 3.15. The molecular formula is C7H6BrO3S. The van der Waals surface area contributed by atoms with E-state index in [0.29, 0.717) is 5.56 Å². The molecule has 65 valence electrons. The van der Waals surface area contributed by atoms with Gasteiger partial charge in [-0.05, 0) is 17.7 Å². The van der Waals surface area contributed by atoms with E-state index >= 15 is 0 Å². The standard InChI is InChI=1S/C7H6BrO3S/c8-7-3-1-6(2-4-7)5-12(9,10)11/h1-4H,5H2. The van der Waals surface area contributed by atoms with Gasteiger partial charge in [-0.1, -0.05) is 32.6 Å². The van der Waals surface area contributed by atoms with Crippen LogP contribution >= 0.6 is 15.9 Å². The zero-order valence-corrected chi connectivity index (χ0v) is 8.43. The predicted molar refractivity (Wildman–Crippen MR) is 47.5 cm³/mol. The Kier molecular flexibility index (Phi) is 2.87. The molecule has 12 heavy (non-hydrogen) atoms. The Morgan fingerprint density at radius 3 is 2.08 bits per heavy atom. The van der Waals surface area contributed by atoms with Gasteiger partial charge in [0.2, 0.25) is 0 Å². The molecule has 3 nitrogen and oxygen atoms in total. The van der Waals surface area contributed by atoms with Crippen LogP contribution in [0.1, 0.15) is 5.56 Å². The van der Waals surface area contributed by atoms with Crippen molar-refractivity contribution in [2.45, 2.75) is 5.75 Å². The van der Waals surface area contributed by atoms with Crippen LogP contribution in [-0.2, 0) is 20.4 Å². The average molecular weight is 250 g/mol. The highest BCUT2D eigenvalue weighted by molar-refractivity contribution is 9.10. The summed E-state index contributed by atoms with van der Waals surface area (Å²) < 4.78 is 31.8. The van der Waals surface area contributed by atoms with Gasteiger partial charge in [0, 0.05) is 4.47 Å². The summed E-state index contributed by atoms with van der Waals surface area (Å²) in [5.41, 5.74) is 0.508. The fraction of sp³-hybridized carbons (Fsp3) is 0.143. The largest absolute Gasteiger partial charge is 0.298 e. The maximum absolute atomic E-state index is 10.3. The maximum Gasteiger partial charge on any atom is 0.298 e. The van der Waals surface area contributed by atoms with E-state index in [1.54, 1.807) is 24.3 Å². The van der Waals surface area contributed by atoms with E-state index in [2.05, 4.69) is 15.9 Å². The summed E-state index contributed by atoms with van der Waals surface area (Å²) in [5, 5.41) is 0. The Hall–Kier alpha value is -0.390. The van der Waals surface area contributed by atoms with Crippen LogP contribution in [0.5, 0.6) is 0 Å². The maximum atomic E-state index is 10.3. The van der Waals surface area contributed by atoms with Gasteiger partial charge in [-0.15, -0.1) is 0 Å². The molecule has 0 saturated carbocycles. The Balaban J connectivity index is 2.85. The van der Waals surface area contributed by atoms with Gasteiger partial charge in [0.25, 0.3) is 10.1 Å². The van der Waals surface area contributed by atoms with E-state index in [0.717, 1.165) is 4.47 Å². The molecule has 0 saturated heterocycles. The molecule has 1 radical (unpaired) electrons. The Bertz CT molecular complexity index is 355. The SMILES string of the molecule is [O]S(=O)(=O)Cc1ccc(Br)cc1. The van der Waals surface area contributed by atoms with Crippen LogP contribution in [0, 0.1) is 0 Å². The molecule has 0 fully saturated rings. The predicted octanol–water partition coefficient (Wildman–Crippen LogP) is 1.71. The molecule has 0 aliphatic rings. The first-order valence-corrected chi connectivity index (χ1v) is 5.52. The van der Waals surface area contributed by atoms with E-state index in [-0.39, 0.29) is 0 Å². The molecule has 1 aromatic carbocycles. The van der Waals surface area contributed by atoms with Gasteiger partial charge in [-0.2, -0.15) is 8.42 Å². The van der Waals surface area contributed by atoms with E-state index in [1.165, 1.54) is 0 Å². The molecule has 0 unspecified atom stereocenters. The van der Waals surface area contributed by atoms with Crippen molar-refractivity contribution in [1.29, 1.82) is 0 Å². The fourth-order valence-corrected chi connectivity index (χ4v) is 1.65. The normalized spacial score (nSPS) is 11.5. The zero-order valence-electron chi connectivity index (χ0n) is 6.03. The molecule has 5 heteroatoms. The lowest BCUT2D eigenvalue weighted by Crippen LogP contribution is -1.99. The summed E-state index contributed by atoms with van der Waals surface area (Å²) >= 11 is 3.20. The van der Waals surface area contributed by atoms with Crippen molar-refractivity contribution in [1.82, 2.24) is 0 Å². The summed E-state index contributed by atoms with van der Waals surface area (Å²) in [4.78, 5) is 0. The summed E-state index contributed by atoms with van der Waals surface area (Å²) in [7, 11) is -4.16. The Morgan fingerprint density at radius 2 is 1.67 bits per heavy atom. The lowest BCUT2D eigenvalue weighted by Gasteiger charge is -1.96. The van der Waals surface area contributed by atoms with Gasteiger partial charge in [0.1, 0.15) is 5.75 Å². The van der Waals surface area contributed by atoms with Crippen LogP contribution in [0.25, 0.3) is 0 Å². The van der Waals surface area contributed by atoms with Crippen molar-refractivity contribution in [2.24, 2.45) is 0 Å². The molecule has 1 aromatic rings. The van der Waals surface area contributed by atoms with E-state index in [1.807, 2.05) is 0 Å². The lowest BCUT2D eigenvalue weighted by atomic mass is 10.2. The quantitative estimate of drug-likeness (QED) is 0.802. The molecule has 0 spiro atoms. The van der Waals surface area contributed by atoms with E-state index in [9.17, 15) is 13.0 Å². The molecular weight excluding hydrogens is 244 g/mol. The molecule has 0 N–H and O–H groups in total. The summed E-state index contributed by atoms with van der Waals surface area (Å²) in [5.74, 6) is -0.444. The first-order chi connectivity index (χ1) is 5.47. The first kappa shape index (κ1) is 9.70. The van der Waals surface area contributed by atoms with Gasteiger partial charge in [0.05, 0.1) is 0 Å². The van der Waals surface area contributed by atoms with Gasteiger partial charge in [0.15, 0.2) is 0 Å². The van der Waals surface area contributed by atoms with Crippen molar-refractivity contribution < 1.29 is 13.0 Å². The van der Waals surface area contributed by atoms with Crippen molar-refractivity contribution in [2.75, 3.05) is 0 Å². The van der Waals surface area contributed by atoms with Crippen LogP contribution in [-0.4, -0.2) is 8.42 Å². The van der Waals surface area contributed by atoms with Gasteiger partial charge in [-0.3, -0.25) is 0 Å². The van der Waals surface area contributed by atoms with Crippen LogP contribution in [0.15, 0.2) is 28.7 Å². The van der Waals surface area contributed by atoms with E-state index < -0.39 is 15.9 Å². The summed E-state index contributed by atoms with van der Waals surface area (Å²) in [6.07, 6.45) is 0. The topological polar surface area (TPSA) is 54.0 Å². The minimum atomic E-state index is -4.16. The van der Waals surface area contributed by atoms with Crippen molar-refractivity contribution in [3.63, 3.8) is 0 Å². The van der Waals surface area contributed by atoms with Crippen molar-refractivity contribution in [3.05, 3.63) is 34.3 Å². The minimum absolute atomic E-state index is 0.444. The highest BCUT2D eigenvalue weighted by Crippen LogP contribution is 2.12. The van der Waals surface area contributed by atoms with Crippen molar-refractivity contribution >= 4 is 26.0 Å². The summed E-state index contributed by atoms with van der Waals surface area (Å²) in [6.45, 7) is 0. The van der Waals surface area contributed by atoms with E-state index in [4.69, 9.17) is 0 Å². The third kappa shape index (κ3) is 3.34. The molecule has 0 heterocycles. The van der Waals surface area contributed by atoms with Gasteiger partial charge in [-0.25, -0.2) is 0 Å². The third-order valence-electron chi connectivity index (χ3n) is 1.26. The van der Waals surface area contributed by atoms with Crippen LogP contribution in [0.4, 0.5) is 0 Å². The van der Waals surface area contributed by atoms with Crippen molar-refractivity contribution in [3.8, 4) is 0 Å². The second kappa shape index (κ2) is 3.55. The molecule has 0 bridgehead atoms. The van der Waals surface area contributed by atoms with Crippen LogP contribution in [0.3, 0.4) is 0 Å². The van der Waals surface area contributed by atoms with Gasteiger partial charge < -0.3 is 0 Å². The minimum Gasteiger partial charge on any atom is -0.197 e. The monoisotopic (exact) mass is 249 g/mol. The second-order valence-electron chi connectivity index (χ2n) is 2.33. The molecule has 0 atom stereocenters. The molecule has 0 aliphatic heterocycles. The zero-order chi connectivity index (χ0) is 9.19. The number of rotatable bonds is 2. The smallest absolute Gasteiger partial charge is 0.197 e. The number of hydrogen-bond donors (Lipinski definition) is 0. The van der Waals surface area contributed by atoms with Crippen LogP contribution in [0.2, 0.25) is 0 Å². The Labute approximate surface area is 79.3 Å². The number of benzene rings is 1. The highest BCUT2D eigenvalue weighted by Gasteiger charge is 2.07. The van der Waals surface area contributed by atoms with Crippen LogP contribution < -0.4 is 0 Å². The molecule has 0 aliphatic carbocycles. The van der Waals surface area contributed by atoms with Gasteiger partial charge >= 0.3 is 0 Å². The number of halogens is 1. The Morgan fingerprint density at radius 1 is 1.17 bits per heavy atom. The third-order valence-corrected chi connectivity index (χ3v) is 2.47. The highest BCUT2D eigenvalue weighted by atomic mass is 79.9. The number of hydrogen-bond acceptors (Lipinski definition) is 2. The average Bonchev–Trinajstić information content (AvgIpc) is 1.91. The fourth-order valence-electron chi connectivity index (χ4n) is 0.785. The molecule has 0 aromatic heterocycles. The second-order valence-corrected chi connectivity index (χ2v) is 4.65. The summed E-state index contributed by atoms with van der Waals surface area (Å²) in [6, 6.07) is 6.58.